The van der Waals surface area contributed by atoms with Crippen LogP contribution in [-0.2, 0) is 4.79 Å². The maximum atomic E-state index is 12.5. The Hall–Kier alpha value is -2.47. The van der Waals surface area contributed by atoms with Gasteiger partial charge in [0.1, 0.15) is 17.1 Å². The lowest BCUT2D eigenvalue weighted by atomic mass is 9.89. The molecule has 1 aromatic carbocycles. The number of aryl methyl sites for hydroxylation is 2. The number of carbonyl (C=O) groups is 1. The van der Waals surface area contributed by atoms with Crippen molar-refractivity contribution in [2.75, 3.05) is 13.1 Å². The van der Waals surface area contributed by atoms with E-state index in [2.05, 4.69) is 15.8 Å². The molecule has 1 fully saturated rings. The summed E-state index contributed by atoms with van der Waals surface area (Å²) in [6.45, 7) is 5.48. The lowest BCUT2D eigenvalue weighted by molar-refractivity contribution is -0.124. The fourth-order valence-electron chi connectivity index (χ4n) is 3.55. The Morgan fingerprint density at radius 2 is 1.92 bits per heavy atom. The Morgan fingerprint density at radius 3 is 2.62 bits per heavy atom. The van der Waals surface area contributed by atoms with Crippen LogP contribution >= 0.6 is 0 Å². The van der Waals surface area contributed by atoms with Crippen molar-refractivity contribution >= 4 is 11.7 Å². The summed E-state index contributed by atoms with van der Waals surface area (Å²) in [6.07, 6.45) is 1.48. The molecule has 2 aromatic rings. The van der Waals surface area contributed by atoms with Crippen LogP contribution in [0.15, 0.2) is 33.8 Å². The van der Waals surface area contributed by atoms with Gasteiger partial charge in [0, 0.05) is 11.1 Å². The van der Waals surface area contributed by atoms with Crippen LogP contribution in [0.3, 0.4) is 0 Å². The minimum atomic E-state index is -0.598. The van der Waals surface area contributed by atoms with E-state index in [1.165, 1.54) is 0 Å². The SMILES string of the molecule is Cc1noc(C)c1-c1cccc(C2=NC3(CCNCC3)C(=O)N2)c1. The van der Waals surface area contributed by atoms with Crippen LogP contribution in [0, 0.1) is 13.8 Å². The van der Waals surface area contributed by atoms with Gasteiger partial charge in [-0.2, -0.15) is 0 Å². The van der Waals surface area contributed by atoms with E-state index in [9.17, 15) is 4.79 Å². The highest BCUT2D eigenvalue weighted by molar-refractivity contribution is 6.15. The zero-order chi connectivity index (χ0) is 16.7. The summed E-state index contributed by atoms with van der Waals surface area (Å²) in [4.78, 5) is 17.3. The molecule has 4 rings (SSSR count). The third-order valence-corrected chi connectivity index (χ3v) is 4.87. The topological polar surface area (TPSA) is 79.5 Å². The predicted molar refractivity (Wildman–Crippen MR) is 90.9 cm³/mol. The number of rotatable bonds is 2. The highest BCUT2D eigenvalue weighted by Crippen LogP contribution is 2.31. The molecule has 2 aliphatic rings. The van der Waals surface area contributed by atoms with Crippen LogP contribution in [0.1, 0.15) is 29.9 Å². The third-order valence-electron chi connectivity index (χ3n) is 4.87. The number of nitrogens with one attached hydrogen (secondary N) is 2. The molecule has 1 spiro atoms. The second kappa shape index (κ2) is 5.56. The van der Waals surface area contributed by atoms with Gasteiger partial charge in [0.2, 0.25) is 0 Å². The molecule has 1 saturated heterocycles. The Labute approximate surface area is 140 Å². The number of piperidine rings is 1. The summed E-state index contributed by atoms with van der Waals surface area (Å²) >= 11 is 0. The van der Waals surface area contributed by atoms with Gasteiger partial charge in [-0.15, -0.1) is 0 Å². The van der Waals surface area contributed by atoms with Crippen LogP contribution in [0.5, 0.6) is 0 Å². The van der Waals surface area contributed by atoms with Gasteiger partial charge in [-0.05, 0) is 51.4 Å². The molecule has 6 heteroatoms. The first kappa shape index (κ1) is 15.1. The third kappa shape index (κ3) is 2.34. The Bertz CT molecular complexity index is 812. The van der Waals surface area contributed by atoms with Crippen molar-refractivity contribution in [1.82, 2.24) is 15.8 Å². The standard InChI is InChI=1S/C18H20N4O2/c1-11-15(12(2)24-22-11)13-4-3-5-14(10-13)16-20-17(23)18(21-16)6-8-19-9-7-18/h3-5,10,19H,6-9H2,1-2H3,(H,20,21,23). The molecular formula is C18H20N4O2. The number of benzene rings is 1. The lowest BCUT2D eigenvalue weighted by Crippen LogP contribution is -2.47. The van der Waals surface area contributed by atoms with E-state index in [-0.39, 0.29) is 5.91 Å². The molecule has 3 heterocycles. The first-order chi connectivity index (χ1) is 11.6. The number of amidine groups is 1. The Kier molecular flexibility index (Phi) is 3.49. The maximum absolute atomic E-state index is 12.5. The van der Waals surface area contributed by atoms with Gasteiger partial charge >= 0.3 is 0 Å². The number of hydrogen-bond donors (Lipinski definition) is 2. The van der Waals surface area contributed by atoms with Crippen LogP contribution in [0.2, 0.25) is 0 Å². The van der Waals surface area contributed by atoms with E-state index >= 15 is 0 Å². The molecule has 0 bridgehead atoms. The molecule has 0 unspecified atom stereocenters. The number of nitrogens with zero attached hydrogens (tertiary/aromatic N) is 2. The van der Waals surface area contributed by atoms with E-state index in [4.69, 9.17) is 9.52 Å². The average molecular weight is 324 g/mol. The molecule has 124 valence electrons. The van der Waals surface area contributed by atoms with Crippen LogP contribution in [-0.4, -0.2) is 35.5 Å². The fourth-order valence-corrected chi connectivity index (χ4v) is 3.55. The minimum Gasteiger partial charge on any atom is -0.361 e. The fraction of sp³-hybridized carbons (Fsp3) is 0.389. The zero-order valence-electron chi connectivity index (χ0n) is 13.8. The van der Waals surface area contributed by atoms with Crippen molar-refractivity contribution in [3.63, 3.8) is 0 Å². The number of aliphatic imine (C=N–C) groups is 1. The number of carbonyl (C=O) groups excluding carboxylic acids is 1. The van der Waals surface area contributed by atoms with Gasteiger partial charge < -0.3 is 15.2 Å². The molecule has 1 aromatic heterocycles. The van der Waals surface area contributed by atoms with Crippen molar-refractivity contribution in [1.29, 1.82) is 0 Å². The van der Waals surface area contributed by atoms with Crippen molar-refractivity contribution in [2.24, 2.45) is 4.99 Å². The Balaban J connectivity index is 1.72. The number of aromatic nitrogens is 1. The second-order valence-corrected chi connectivity index (χ2v) is 6.48. The highest BCUT2D eigenvalue weighted by atomic mass is 16.5. The average Bonchev–Trinajstić information content (AvgIpc) is 3.09. The van der Waals surface area contributed by atoms with Crippen molar-refractivity contribution in [3.8, 4) is 11.1 Å². The van der Waals surface area contributed by atoms with Gasteiger partial charge in [0.05, 0.1) is 5.69 Å². The van der Waals surface area contributed by atoms with E-state index in [0.29, 0.717) is 5.84 Å². The maximum Gasteiger partial charge on any atom is 0.253 e. The normalized spacial score (nSPS) is 19.4. The van der Waals surface area contributed by atoms with E-state index in [1.54, 1.807) is 0 Å². The van der Waals surface area contributed by atoms with Crippen molar-refractivity contribution in [3.05, 3.63) is 41.3 Å². The van der Waals surface area contributed by atoms with E-state index in [1.807, 2.05) is 38.1 Å². The smallest absolute Gasteiger partial charge is 0.253 e. The largest absolute Gasteiger partial charge is 0.361 e. The summed E-state index contributed by atoms with van der Waals surface area (Å²) in [5, 5.41) is 10.3. The molecule has 6 nitrogen and oxygen atoms in total. The zero-order valence-corrected chi connectivity index (χ0v) is 13.8. The summed E-state index contributed by atoms with van der Waals surface area (Å²) < 4.78 is 5.27. The summed E-state index contributed by atoms with van der Waals surface area (Å²) in [5.74, 6) is 1.47. The molecule has 0 atom stereocenters. The highest BCUT2D eigenvalue weighted by Gasteiger charge is 2.44. The summed E-state index contributed by atoms with van der Waals surface area (Å²) in [6, 6.07) is 8.00. The quantitative estimate of drug-likeness (QED) is 0.885. The number of hydrogen-bond acceptors (Lipinski definition) is 5. The Morgan fingerprint density at radius 1 is 1.17 bits per heavy atom. The van der Waals surface area contributed by atoms with Gasteiger partial charge in [-0.3, -0.25) is 9.79 Å². The molecule has 2 aliphatic heterocycles. The number of amides is 1. The molecule has 0 aliphatic carbocycles. The van der Waals surface area contributed by atoms with Gasteiger partial charge in [0.15, 0.2) is 0 Å². The van der Waals surface area contributed by atoms with Crippen LogP contribution in [0.25, 0.3) is 11.1 Å². The van der Waals surface area contributed by atoms with Crippen molar-refractivity contribution in [2.45, 2.75) is 32.2 Å². The van der Waals surface area contributed by atoms with Gasteiger partial charge in [-0.25, -0.2) is 0 Å². The first-order valence-corrected chi connectivity index (χ1v) is 8.25. The molecule has 0 radical (unpaired) electrons. The predicted octanol–water partition coefficient (Wildman–Crippen LogP) is 1.96. The molecule has 0 saturated carbocycles. The minimum absolute atomic E-state index is 0.0155. The van der Waals surface area contributed by atoms with Crippen molar-refractivity contribution < 1.29 is 9.32 Å². The first-order valence-electron chi connectivity index (χ1n) is 8.25. The molecule has 2 N–H and O–H groups in total. The van der Waals surface area contributed by atoms with Crippen LogP contribution < -0.4 is 10.6 Å². The van der Waals surface area contributed by atoms with Gasteiger partial charge in [-0.1, -0.05) is 23.4 Å². The molecule has 1 amide bonds. The summed E-state index contributed by atoms with van der Waals surface area (Å²) in [5.41, 5.74) is 3.19. The van der Waals surface area contributed by atoms with Gasteiger partial charge in [0.25, 0.3) is 5.91 Å². The van der Waals surface area contributed by atoms with E-state index in [0.717, 1.165) is 54.1 Å². The monoisotopic (exact) mass is 324 g/mol. The summed E-state index contributed by atoms with van der Waals surface area (Å²) in [7, 11) is 0. The van der Waals surface area contributed by atoms with Crippen LogP contribution in [0.4, 0.5) is 0 Å². The molecule has 24 heavy (non-hydrogen) atoms. The van der Waals surface area contributed by atoms with E-state index < -0.39 is 5.54 Å². The lowest BCUT2D eigenvalue weighted by Gasteiger charge is -2.28. The second-order valence-electron chi connectivity index (χ2n) is 6.48. The molecular weight excluding hydrogens is 304 g/mol.